The van der Waals surface area contributed by atoms with Gasteiger partial charge in [0.05, 0.1) is 12.2 Å². The lowest BCUT2D eigenvalue weighted by Crippen LogP contribution is -2.39. The van der Waals surface area contributed by atoms with Crippen LogP contribution < -0.4 is 5.56 Å². The van der Waals surface area contributed by atoms with Gasteiger partial charge < -0.3 is 10.0 Å². The minimum atomic E-state index is -1.04. The Kier molecular flexibility index (Phi) is 4.47. The molecule has 132 valence electrons. The van der Waals surface area contributed by atoms with Gasteiger partial charge in [0.1, 0.15) is 12.1 Å². The molecule has 1 fully saturated rings. The first kappa shape index (κ1) is 17.4. The van der Waals surface area contributed by atoms with Crippen LogP contribution in [-0.4, -0.2) is 38.8 Å². The third-order valence-corrected chi connectivity index (χ3v) is 4.97. The number of amides is 1. The van der Waals surface area contributed by atoms with Crippen molar-refractivity contribution in [2.24, 2.45) is 0 Å². The van der Waals surface area contributed by atoms with Crippen molar-refractivity contribution < 1.29 is 9.90 Å². The normalized spacial score (nSPS) is 20.1. The molecule has 0 saturated carbocycles. The number of carbonyl (C=O) groups is 1. The predicted molar refractivity (Wildman–Crippen MR) is 94.2 cm³/mol. The second kappa shape index (κ2) is 6.44. The number of aryl methyl sites for hydroxylation is 3. The van der Waals surface area contributed by atoms with E-state index in [4.69, 9.17) is 0 Å². The molecule has 6 nitrogen and oxygen atoms in total. The zero-order valence-electron chi connectivity index (χ0n) is 14.8. The minimum Gasteiger partial charge on any atom is -0.383 e. The van der Waals surface area contributed by atoms with Gasteiger partial charge in [-0.2, -0.15) is 5.10 Å². The fourth-order valence-corrected chi connectivity index (χ4v) is 3.34. The first-order valence-corrected chi connectivity index (χ1v) is 8.42. The molecule has 1 amide bonds. The van der Waals surface area contributed by atoms with E-state index < -0.39 is 5.60 Å². The Bertz CT molecular complexity index is 874. The first-order valence-electron chi connectivity index (χ1n) is 8.42. The van der Waals surface area contributed by atoms with Gasteiger partial charge in [-0.3, -0.25) is 9.59 Å². The summed E-state index contributed by atoms with van der Waals surface area (Å²) in [4.78, 5) is 26.2. The number of aromatic nitrogens is 2. The number of benzene rings is 1. The molecule has 1 aliphatic heterocycles. The van der Waals surface area contributed by atoms with Crippen LogP contribution in [-0.2, 0) is 16.9 Å². The number of aliphatic hydroxyl groups is 1. The molecular formula is C19H23N3O3. The van der Waals surface area contributed by atoms with E-state index in [1.54, 1.807) is 4.90 Å². The van der Waals surface area contributed by atoms with Gasteiger partial charge in [-0.25, -0.2) is 4.68 Å². The fourth-order valence-electron chi connectivity index (χ4n) is 3.34. The maximum Gasteiger partial charge on any atom is 0.267 e. The Balaban J connectivity index is 1.76. The van der Waals surface area contributed by atoms with Crippen molar-refractivity contribution in [1.82, 2.24) is 14.7 Å². The van der Waals surface area contributed by atoms with Crippen molar-refractivity contribution in [2.75, 3.05) is 13.1 Å². The highest BCUT2D eigenvalue weighted by Gasteiger charge is 2.40. The minimum absolute atomic E-state index is 0.107. The van der Waals surface area contributed by atoms with Crippen LogP contribution >= 0.6 is 0 Å². The van der Waals surface area contributed by atoms with Crippen LogP contribution in [0.4, 0.5) is 0 Å². The van der Waals surface area contributed by atoms with E-state index in [-0.39, 0.29) is 24.6 Å². The molecule has 2 aromatic rings. The Labute approximate surface area is 146 Å². The molecule has 0 spiro atoms. The number of hydrogen-bond donors (Lipinski definition) is 1. The van der Waals surface area contributed by atoms with Gasteiger partial charge in [0, 0.05) is 12.6 Å². The summed E-state index contributed by atoms with van der Waals surface area (Å²) in [5.74, 6) is -0.206. The molecule has 1 atom stereocenters. The second-order valence-electron chi connectivity index (χ2n) is 6.82. The van der Waals surface area contributed by atoms with Gasteiger partial charge in [-0.1, -0.05) is 24.3 Å². The average Bonchev–Trinajstić information content (AvgIpc) is 2.96. The number of rotatable bonds is 3. The van der Waals surface area contributed by atoms with Crippen LogP contribution in [0.25, 0.3) is 0 Å². The van der Waals surface area contributed by atoms with E-state index in [1.165, 1.54) is 10.7 Å². The molecule has 1 aromatic carbocycles. The van der Waals surface area contributed by atoms with Gasteiger partial charge in [-0.15, -0.1) is 0 Å². The Morgan fingerprint density at radius 2 is 1.96 bits per heavy atom. The molecule has 6 heteroatoms. The van der Waals surface area contributed by atoms with E-state index in [2.05, 4.69) is 5.10 Å². The van der Waals surface area contributed by atoms with E-state index >= 15 is 0 Å². The van der Waals surface area contributed by atoms with Crippen molar-refractivity contribution in [3.05, 3.63) is 63.1 Å². The predicted octanol–water partition coefficient (Wildman–Crippen LogP) is 1.29. The summed E-state index contributed by atoms with van der Waals surface area (Å²) >= 11 is 0. The molecule has 1 N–H and O–H groups in total. The number of hydrogen-bond acceptors (Lipinski definition) is 4. The molecule has 0 unspecified atom stereocenters. The van der Waals surface area contributed by atoms with Crippen molar-refractivity contribution in [2.45, 2.75) is 39.3 Å². The summed E-state index contributed by atoms with van der Waals surface area (Å²) < 4.78 is 1.19. The molecule has 1 aliphatic rings. The molecular weight excluding hydrogens is 318 g/mol. The molecule has 1 saturated heterocycles. The summed E-state index contributed by atoms with van der Waals surface area (Å²) in [5.41, 5.74) is 2.07. The third-order valence-electron chi connectivity index (χ3n) is 4.97. The third kappa shape index (κ3) is 3.35. The van der Waals surface area contributed by atoms with E-state index in [0.717, 1.165) is 22.4 Å². The van der Waals surface area contributed by atoms with E-state index in [0.29, 0.717) is 13.0 Å². The average molecular weight is 341 g/mol. The Hall–Kier alpha value is -2.47. The highest BCUT2D eigenvalue weighted by Crippen LogP contribution is 2.33. The molecule has 25 heavy (non-hydrogen) atoms. The summed E-state index contributed by atoms with van der Waals surface area (Å²) in [6.45, 7) is 6.17. The molecule has 3 rings (SSSR count). The number of nitrogens with zero attached hydrogens (tertiary/aromatic N) is 3. The van der Waals surface area contributed by atoms with Gasteiger partial charge in [-0.05, 0) is 43.9 Å². The van der Waals surface area contributed by atoms with Crippen LogP contribution in [0.1, 0.15) is 28.8 Å². The van der Waals surface area contributed by atoms with Crippen LogP contribution in [0.2, 0.25) is 0 Å². The van der Waals surface area contributed by atoms with Gasteiger partial charge >= 0.3 is 0 Å². The molecule has 2 heterocycles. The van der Waals surface area contributed by atoms with Crippen molar-refractivity contribution in [1.29, 1.82) is 0 Å². The molecule has 1 aromatic heterocycles. The van der Waals surface area contributed by atoms with E-state index in [9.17, 15) is 14.7 Å². The lowest BCUT2D eigenvalue weighted by Gasteiger charge is -2.25. The largest absolute Gasteiger partial charge is 0.383 e. The van der Waals surface area contributed by atoms with Crippen LogP contribution in [0.15, 0.2) is 35.1 Å². The second-order valence-corrected chi connectivity index (χ2v) is 6.82. The lowest BCUT2D eigenvalue weighted by atomic mass is 9.89. The zero-order valence-corrected chi connectivity index (χ0v) is 14.8. The monoisotopic (exact) mass is 341 g/mol. The quantitative estimate of drug-likeness (QED) is 0.913. The lowest BCUT2D eigenvalue weighted by molar-refractivity contribution is -0.132. The van der Waals surface area contributed by atoms with Gasteiger partial charge in [0.15, 0.2) is 0 Å². The van der Waals surface area contributed by atoms with E-state index in [1.807, 2.05) is 45.0 Å². The highest BCUT2D eigenvalue weighted by molar-refractivity contribution is 5.76. The van der Waals surface area contributed by atoms with Gasteiger partial charge in [0.25, 0.3) is 5.56 Å². The van der Waals surface area contributed by atoms with Crippen molar-refractivity contribution >= 4 is 5.91 Å². The maximum absolute atomic E-state index is 12.6. The summed E-state index contributed by atoms with van der Waals surface area (Å²) in [7, 11) is 0. The Morgan fingerprint density at radius 1 is 1.24 bits per heavy atom. The smallest absolute Gasteiger partial charge is 0.267 e. The zero-order chi connectivity index (χ0) is 18.2. The molecule has 0 radical (unpaired) electrons. The standard InChI is InChI=1S/C19H23N3O3/c1-13-6-4-5-7-16(13)19(25)8-9-21(12-19)18(24)11-22-17(23)10-14(2)15(3)20-22/h4-7,10,25H,8-9,11-12H2,1-3H3/t19-/m1/s1. The van der Waals surface area contributed by atoms with Gasteiger partial charge in [0.2, 0.25) is 5.91 Å². The van der Waals surface area contributed by atoms with Crippen molar-refractivity contribution in [3.63, 3.8) is 0 Å². The topological polar surface area (TPSA) is 75.4 Å². The summed E-state index contributed by atoms with van der Waals surface area (Å²) in [6.07, 6.45) is 0.485. The molecule has 0 aliphatic carbocycles. The maximum atomic E-state index is 12.6. The highest BCUT2D eigenvalue weighted by atomic mass is 16.3. The summed E-state index contributed by atoms with van der Waals surface area (Å²) in [6, 6.07) is 9.17. The molecule has 0 bridgehead atoms. The SMILES string of the molecule is Cc1ccccc1[C@@]1(O)CCN(C(=O)Cn2nc(C)c(C)cc2=O)C1. The fraction of sp³-hybridized carbons (Fsp3) is 0.421. The van der Waals surface area contributed by atoms with Crippen LogP contribution in [0.5, 0.6) is 0 Å². The first-order chi connectivity index (χ1) is 11.8. The van der Waals surface area contributed by atoms with Crippen LogP contribution in [0.3, 0.4) is 0 Å². The summed E-state index contributed by atoms with van der Waals surface area (Å²) in [5, 5.41) is 15.2. The number of likely N-dealkylation sites (tertiary alicyclic amines) is 1. The van der Waals surface area contributed by atoms with Crippen LogP contribution in [0, 0.1) is 20.8 Å². The number of β-amino-alcohol motifs (C(OH)–C–C–N with tert-alkyl or cyclic N) is 1. The van der Waals surface area contributed by atoms with Crippen molar-refractivity contribution in [3.8, 4) is 0 Å². The Morgan fingerprint density at radius 3 is 2.68 bits per heavy atom. The number of carbonyl (C=O) groups excluding carboxylic acids is 1.